The van der Waals surface area contributed by atoms with Gasteiger partial charge in [0.05, 0.1) is 24.8 Å². The lowest BCUT2D eigenvalue weighted by Crippen LogP contribution is -2.54. The van der Waals surface area contributed by atoms with E-state index < -0.39 is 47.5 Å². The van der Waals surface area contributed by atoms with Crippen LogP contribution in [0.5, 0.6) is 0 Å². The Morgan fingerprint density at radius 3 is 2.67 bits per heavy atom. The van der Waals surface area contributed by atoms with Crippen molar-refractivity contribution in [2.24, 2.45) is 0 Å². The highest BCUT2D eigenvalue weighted by Crippen LogP contribution is 2.37. The minimum absolute atomic E-state index is 0.159. The molecule has 1 N–H and O–H groups in total. The first kappa shape index (κ1) is 26.8. The van der Waals surface area contributed by atoms with Gasteiger partial charge in [-0.1, -0.05) is 0 Å². The van der Waals surface area contributed by atoms with Crippen molar-refractivity contribution in [2.75, 3.05) is 24.5 Å². The van der Waals surface area contributed by atoms with E-state index in [1.54, 1.807) is 33.0 Å². The van der Waals surface area contributed by atoms with E-state index in [4.69, 9.17) is 4.74 Å². The minimum Gasteiger partial charge on any atom is -0.444 e. The maximum absolute atomic E-state index is 15.0. The molecule has 0 aliphatic carbocycles. The third-order valence-corrected chi connectivity index (χ3v) is 6.97. The first-order chi connectivity index (χ1) is 18.5. The lowest BCUT2D eigenvalue weighted by Gasteiger charge is -2.35. The number of hydrogen-bond acceptors (Lipinski definition) is 6. The average Bonchev–Trinajstić information content (AvgIpc) is 3.52. The number of amides is 2. The summed E-state index contributed by atoms with van der Waals surface area (Å²) in [6.07, 6.45) is 2.54. The van der Waals surface area contributed by atoms with Crippen molar-refractivity contribution in [3.05, 3.63) is 59.4 Å². The molecule has 0 radical (unpaired) electrons. The van der Waals surface area contributed by atoms with Gasteiger partial charge in [-0.05, 0) is 64.3 Å². The van der Waals surface area contributed by atoms with E-state index in [0.717, 1.165) is 18.6 Å². The summed E-state index contributed by atoms with van der Waals surface area (Å²) in [6, 6.07) is 3.92. The Morgan fingerprint density at radius 1 is 1.13 bits per heavy atom. The third kappa shape index (κ3) is 5.64. The van der Waals surface area contributed by atoms with E-state index in [0.29, 0.717) is 18.8 Å². The zero-order chi connectivity index (χ0) is 27.9. The van der Waals surface area contributed by atoms with Gasteiger partial charge >= 0.3 is 6.09 Å². The van der Waals surface area contributed by atoms with Crippen LogP contribution in [0.3, 0.4) is 0 Å². The van der Waals surface area contributed by atoms with Crippen molar-refractivity contribution < 1.29 is 27.5 Å². The summed E-state index contributed by atoms with van der Waals surface area (Å²) < 4.78 is 50.1. The zero-order valence-corrected chi connectivity index (χ0v) is 22.0. The molecule has 5 rings (SSSR count). The summed E-state index contributed by atoms with van der Waals surface area (Å²) >= 11 is 0. The molecule has 12 heteroatoms. The van der Waals surface area contributed by atoms with E-state index in [-0.39, 0.29) is 36.3 Å². The summed E-state index contributed by atoms with van der Waals surface area (Å²) in [7, 11) is 0. The summed E-state index contributed by atoms with van der Waals surface area (Å²) in [5.41, 5.74) is -0.0141. The van der Waals surface area contributed by atoms with Gasteiger partial charge in [-0.25, -0.2) is 27.5 Å². The van der Waals surface area contributed by atoms with E-state index >= 15 is 0 Å². The Bertz CT molecular complexity index is 1390. The Morgan fingerprint density at radius 2 is 1.92 bits per heavy atom. The van der Waals surface area contributed by atoms with Crippen LogP contribution in [0, 0.1) is 11.6 Å². The number of anilines is 1. The summed E-state index contributed by atoms with van der Waals surface area (Å²) in [4.78, 5) is 33.3. The second-order valence-corrected chi connectivity index (χ2v) is 10.9. The van der Waals surface area contributed by atoms with Crippen LogP contribution in [0.4, 0.5) is 23.8 Å². The molecule has 1 aromatic carbocycles. The van der Waals surface area contributed by atoms with Crippen LogP contribution in [0.15, 0.2) is 36.7 Å². The first-order valence-electron chi connectivity index (χ1n) is 13.0. The number of nitrogens with one attached hydrogen (secondary N) is 1. The lowest BCUT2D eigenvalue weighted by atomic mass is 10.0. The quantitative estimate of drug-likeness (QED) is 0.523. The molecular formula is C27H31F3N6O3. The number of rotatable bonds is 4. The fraction of sp³-hybridized carbons (Fsp3) is 0.481. The van der Waals surface area contributed by atoms with Gasteiger partial charge in [0.25, 0.3) is 5.91 Å². The standard InChI is InChI=1S/C27H31F3N6O3/c1-27(2,3)39-26(38)34-11-8-21(20(30)15-34)32-25(37)18-14-31-36-12-9-23(33-24(18)36)35-10-4-5-22(35)17-13-16(28)6-7-19(17)29/h6-7,9,12-14,20-22H,4-5,8,10-11,15H2,1-3H3,(H,32,37)/t20?,21?,22-/m1/s1. The molecular weight excluding hydrogens is 513 g/mol. The van der Waals surface area contributed by atoms with Gasteiger partial charge in [-0.15, -0.1) is 0 Å². The van der Waals surface area contributed by atoms with Crippen LogP contribution in [0.2, 0.25) is 0 Å². The number of alkyl halides is 1. The summed E-state index contributed by atoms with van der Waals surface area (Å²) in [5, 5.41) is 6.91. The third-order valence-electron chi connectivity index (χ3n) is 6.97. The molecule has 3 aromatic rings. The summed E-state index contributed by atoms with van der Waals surface area (Å²) in [5.74, 6) is -1.05. The predicted molar refractivity (Wildman–Crippen MR) is 137 cm³/mol. The van der Waals surface area contributed by atoms with Gasteiger partial charge < -0.3 is 19.9 Å². The highest BCUT2D eigenvalue weighted by molar-refractivity contribution is 6.00. The maximum atomic E-state index is 15.0. The smallest absolute Gasteiger partial charge is 0.410 e. The van der Waals surface area contributed by atoms with Gasteiger partial charge in [0, 0.05) is 24.8 Å². The van der Waals surface area contributed by atoms with Crippen molar-refractivity contribution in [1.82, 2.24) is 24.8 Å². The van der Waals surface area contributed by atoms with Crippen molar-refractivity contribution in [3.8, 4) is 0 Å². The van der Waals surface area contributed by atoms with Gasteiger partial charge in [0.2, 0.25) is 0 Å². The average molecular weight is 545 g/mol. The van der Waals surface area contributed by atoms with Crippen molar-refractivity contribution >= 4 is 23.5 Å². The van der Waals surface area contributed by atoms with Crippen LogP contribution in [-0.4, -0.2) is 68.9 Å². The van der Waals surface area contributed by atoms with Crippen LogP contribution >= 0.6 is 0 Å². The van der Waals surface area contributed by atoms with Crippen LogP contribution in [-0.2, 0) is 4.74 Å². The van der Waals surface area contributed by atoms with E-state index in [1.807, 2.05) is 4.90 Å². The molecule has 9 nitrogen and oxygen atoms in total. The number of piperidine rings is 1. The molecule has 2 unspecified atom stereocenters. The Hall–Kier alpha value is -3.83. The molecule has 2 aliphatic rings. The number of hydrogen-bond donors (Lipinski definition) is 1. The predicted octanol–water partition coefficient (Wildman–Crippen LogP) is 4.43. The molecule has 0 saturated carbocycles. The Kier molecular flexibility index (Phi) is 7.13. The number of likely N-dealkylation sites (tertiary alicyclic amines) is 1. The number of halogens is 3. The second-order valence-electron chi connectivity index (χ2n) is 10.9. The van der Waals surface area contributed by atoms with Crippen LogP contribution in [0.1, 0.15) is 62.0 Å². The monoisotopic (exact) mass is 544 g/mol. The number of carbonyl (C=O) groups is 2. The lowest BCUT2D eigenvalue weighted by molar-refractivity contribution is 0.00972. The highest BCUT2D eigenvalue weighted by atomic mass is 19.1. The fourth-order valence-electron chi connectivity index (χ4n) is 5.12. The molecule has 208 valence electrons. The van der Waals surface area contributed by atoms with Gasteiger partial charge in [0.15, 0.2) is 5.65 Å². The molecule has 2 fully saturated rings. The topological polar surface area (TPSA) is 92.1 Å². The van der Waals surface area contributed by atoms with Gasteiger partial charge in [-0.3, -0.25) is 4.79 Å². The van der Waals surface area contributed by atoms with Crippen molar-refractivity contribution in [1.29, 1.82) is 0 Å². The van der Waals surface area contributed by atoms with Crippen molar-refractivity contribution in [2.45, 2.75) is 63.9 Å². The molecule has 39 heavy (non-hydrogen) atoms. The molecule has 2 aliphatic heterocycles. The largest absolute Gasteiger partial charge is 0.444 e. The number of fused-ring (bicyclic) bond motifs is 1. The first-order valence-corrected chi connectivity index (χ1v) is 13.0. The normalized spacial score (nSPS) is 21.8. The SMILES string of the molecule is CC(C)(C)OC(=O)N1CCC(NC(=O)c2cnn3ccc(N4CCC[C@@H]4c4cc(F)ccc4F)nc23)C(F)C1. The van der Waals surface area contributed by atoms with E-state index in [1.165, 1.54) is 21.7 Å². The highest BCUT2D eigenvalue weighted by Gasteiger charge is 2.35. The van der Waals surface area contributed by atoms with E-state index in [9.17, 15) is 22.8 Å². The number of ether oxygens (including phenoxy) is 1. The molecule has 2 saturated heterocycles. The molecule has 2 amide bonds. The fourth-order valence-corrected chi connectivity index (χ4v) is 5.12. The molecule has 2 aromatic heterocycles. The molecule has 0 spiro atoms. The maximum Gasteiger partial charge on any atom is 0.410 e. The zero-order valence-electron chi connectivity index (χ0n) is 22.0. The van der Waals surface area contributed by atoms with Gasteiger partial charge in [-0.2, -0.15) is 5.10 Å². The van der Waals surface area contributed by atoms with Gasteiger partial charge in [0.1, 0.15) is 34.8 Å². The minimum atomic E-state index is -1.48. The molecule has 0 bridgehead atoms. The second kappa shape index (κ2) is 10.4. The van der Waals surface area contributed by atoms with E-state index in [2.05, 4.69) is 15.4 Å². The van der Waals surface area contributed by atoms with Crippen LogP contribution in [0.25, 0.3) is 5.65 Å². The van der Waals surface area contributed by atoms with Crippen LogP contribution < -0.4 is 10.2 Å². The Balaban J connectivity index is 1.31. The number of nitrogens with zero attached hydrogens (tertiary/aromatic N) is 5. The number of benzene rings is 1. The number of aromatic nitrogens is 3. The molecule has 4 heterocycles. The Labute approximate surface area is 223 Å². The summed E-state index contributed by atoms with van der Waals surface area (Å²) in [6.45, 7) is 5.85. The molecule has 3 atom stereocenters. The number of carbonyl (C=O) groups excluding carboxylic acids is 2. The van der Waals surface area contributed by atoms with Crippen molar-refractivity contribution in [3.63, 3.8) is 0 Å².